The lowest BCUT2D eigenvalue weighted by atomic mass is 10.1. The summed E-state index contributed by atoms with van der Waals surface area (Å²) in [4.78, 5) is 11.2. The summed E-state index contributed by atoms with van der Waals surface area (Å²) in [5.74, 6) is -0.553. The Hall–Kier alpha value is -1.64. The van der Waals surface area contributed by atoms with Crippen LogP contribution in [0.5, 0.6) is 0 Å². The number of methoxy groups -OCH3 is 1. The molecule has 1 fully saturated rings. The molecule has 0 bridgehead atoms. The van der Waals surface area contributed by atoms with Crippen LogP contribution in [0.2, 0.25) is 0 Å². The van der Waals surface area contributed by atoms with Crippen LogP contribution in [0, 0.1) is 11.7 Å². The van der Waals surface area contributed by atoms with E-state index in [-0.39, 0.29) is 5.56 Å². The van der Waals surface area contributed by atoms with Crippen LogP contribution >= 0.6 is 0 Å². The fourth-order valence-electron chi connectivity index (χ4n) is 2.31. The third kappa shape index (κ3) is 2.97. The summed E-state index contributed by atoms with van der Waals surface area (Å²) in [5, 5.41) is 0. The number of carbonyl (C=O) groups excluding carboxylic acids is 1. The Bertz CT molecular complexity index is 460. The Morgan fingerprint density at radius 3 is 2.72 bits per heavy atom. The number of hydrogen-bond donors (Lipinski definition) is 0. The van der Waals surface area contributed by atoms with Crippen LogP contribution < -0.4 is 0 Å². The van der Waals surface area contributed by atoms with E-state index in [2.05, 4.69) is 10.8 Å². The molecule has 1 aliphatic rings. The molecule has 0 spiro atoms. The second kappa shape index (κ2) is 5.80. The summed E-state index contributed by atoms with van der Waals surface area (Å²) >= 11 is 0. The zero-order valence-corrected chi connectivity index (χ0v) is 10.5. The van der Waals surface area contributed by atoms with Gasteiger partial charge in [0.15, 0.2) is 0 Å². The highest BCUT2D eigenvalue weighted by molar-refractivity contribution is 5.89. The zero-order valence-electron chi connectivity index (χ0n) is 10.5. The fourth-order valence-corrected chi connectivity index (χ4v) is 2.31. The van der Waals surface area contributed by atoms with E-state index in [4.69, 9.17) is 0 Å². The number of allylic oxidation sites excluding steroid dienone is 1. The lowest BCUT2D eigenvalue weighted by Gasteiger charge is -2.03. The first-order chi connectivity index (χ1) is 8.70. The highest BCUT2D eigenvalue weighted by Crippen LogP contribution is 2.26. The lowest BCUT2D eigenvalue weighted by molar-refractivity contribution is 0.0595. The van der Waals surface area contributed by atoms with Gasteiger partial charge in [-0.15, -0.1) is 0 Å². The van der Waals surface area contributed by atoms with Crippen LogP contribution in [0.15, 0.2) is 24.3 Å². The molecule has 0 saturated heterocycles. The topological polar surface area (TPSA) is 26.3 Å². The molecule has 96 valence electrons. The minimum atomic E-state index is -0.640. The molecule has 0 atom stereocenters. The predicted molar refractivity (Wildman–Crippen MR) is 68.7 cm³/mol. The number of carbonyl (C=O) groups is 1. The van der Waals surface area contributed by atoms with Gasteiger partial charge in [0.05, 0.1) is 12.7 Å². The van der Waals surface area contributed by atoms with E-state index in [1.165, 1.54) is 44.9 Å². The van der Waals surface area contributed by atoms with Crippen molar-refractivity contribution in [3.8, 4) is 0 Å². The fraction of sp³-hybridized carbons (Fsp3) is 0.400. The van der Waals surface area contributed by atoms with E-state index >= 15 is 0 Å². The Labute approximate surface area is 106 Å². The van der Waals surface area contributed by atoms with Gasteiger partial charge < -0.3 is 4.74 Å². The maximum atomic E-state index is 13.7. The van der Waals surface area contributed by atoms with Crippen LogP contribution in [0.1, 0.15) is 41.6 Å². The minimum absolute atomic E-state index is 0.0180. The summed E-state index contributed by atoms with van der Waals surface area (Å²) in [5.41, 5.74) is 0.766. The third-order valence-electron chi connectivity index (χ3n) is 3.36. The van der Waals surface area contributed by atoms with Gasteiger partial charge in [-0.1, -0.05) is 31.1 Å². The normalized spacial score (nSPS) is 16.3. The molecule has 0 radical (unpaired) electrons. The summed E-state index contributed by atoms with van der Waals surface area (Å²) < 4.78 is 18.2. The van der Waals surface area contributed by atoms with Crippen LogP contribution in [-0.2, 0) is 4.74 Å². The van der Waals surface area contributed by atoms with Gasteiger partial charge in [0, 0.05) is 0 Å². The Morgan fingerprint density at radius 1 is 1.39 bits per heavy atom. The lowest BCUT2D eigenvalue weighted by Crippen LogP contribution is -2.04. The molecule has 2 rings (SSSR count). The van der Waals surface area contributed by atoms with Gasteiger partial charge in [0.1, 0.15) is 5.82 Å². The van der Waals surface area contributed by atoms with Crippen molar-refractivity contribution in [2.75, 3.05) is 7.11 Å². The van der Waals surface area contributed by atoms with Crippen molar-refractivity contribution in [2.24, 2.45) is 5.92 Å². The zero-order chi connectivity index (χ0) is 13.0. The second-order valence-electron chi connectivity index (χ2n) is 4.63. The molecule has 0 unspecified atom stereocenters. The molecule has 0 aliphatic heterocycles. The highest BCUT2D eigenvalue weighted by Gasteiger charge is 2.13. The SMILES string of the molecule is COC(=O)c1ccc(C=CC2CCCC2)cc1F. The molecule has 18 heavy (non-hydrogen) atoms. The molecule has 3 heteroatoms. The summed E-state index contributed by atoms with van der Waals surface area (Å²) in [6.45, 7) is 0. The van der Waals surface area contributed by atoms with Crippen LogP contribution in [0.25, 0.3) is 6.08 Å². The molecule has 1 aromatic rings. The number of esters is 1. The molecule has 1 aromatic carbocycles. The van der Waals surface area contributed by atoms with Gasteiger partial charge in [-0.05, 0) is 36.5 Å². The molecule has 0 heterocycles. The largest absolute Gasteiger partial charge is 0.465 e. The Morgan fingerprint density at radius 2 is 2.11 bits per heavy atom. The first-order valence-electron chi connectivity index (χ1n) is 6.27. The van der Waals surface area contributed by atoms with Gasteiger partial charge in [-0.25, -0.2) is 9.18 Å². The standard InChI is InChI=1S/C15H17FO2/c1-18-15(17)13-9-8-12(10-14(13)16)7-6-11-4-2-3-5-11/h6-11H,2-5H2,1H3. The van der Waals surface area contributed by atoms with Crippen LogP contribution in [-0.4, -0.2) is 13.1 Å². The van der Waals surface area contributed by atoms with Crippen molar-refractivity contribution in [1.82, 2.24) is 0 Å². The van der Waals surface area contributed by atoms with E-state index in [1.807, 2.05) is 6.08 Å². The van der Waals surface area contributed by atoms with E-state index in [1.54, 1.807) is 6.07 Å². The van der Waals surface area contributed by atoms with Gasteiger partial charge in [-0.2, -0.15) is 0 Å². The van der Waals surface area contributed by atoms with Gasteiger partial charge in [-0.3, -0.25) is 0 Å². The molecule has 0 amide bonds. The van der Waals surface area contributed by atoms with Crippen molar-refractivity contribution in [3.05, 3.63) is 41.2 Å². The maximum Gasteiger partial charge on any atom is 0.340 e. The van der Waals surface area contributed by atoms with Crippen molar-refractivity contribution in [2.45, 2.75) is 25.7 Å². The summed E-state index contributed by atoms with van der Waals surface area (Å²) in [6, 6.07) is 4.58. The monoisotopic (exact) mass is 248 g/mol. The highest BCUT2D eigenvalue weighted by atomic mass is 19.1. The van der Waals surface area contributed by atoms with Gasteiger partial charge in [0.25, 0.3) is 0 Å². The molecule has 0 N–H and O–H groups in total. The Kier molecular flexibility index (Phi) is 4.13. The predicted octanol–water partition coefficient (Wildman–Crippen LogP) is 3.82. The number of benzene rings is 1. The van der Waals surface area contributed by atoms with Crippen molar-refractivity contribution in [3.63, 3.8) is 0 Å². The van der Waals surface area contributed by atoms with Crippen molar-refractivity contribution >= 4 is 12.0 Å². The second-order valence-corrected chi connectivity index (χ2v) is 4.63. The molecule has 1 aliphatic carbocycles. The maximum absolute atomic E-state index is 13.7. The Balaban J connectivity index is 2.10. The van der Waals surface area contributed by atoms with Gasteiger partial charge >= 0.3 is 5.97 Å². The average Bonchev–Trinajstić information content (AvgIpc) is 2.88. The van der Waals surface area contributed by atoms with Crippen molar-refractivity contribution < 1.29 is 13.9 Å². The minimum Gasteiger partial charge on any atom is -0.465 e. The smallest absolute Gasteiger partial charge is 0.340 e. The van der Waals surface area contributed by atoms with E-state index in [0.29, 0.717) is 5.92 Å². The van der Waals surface area contributed by atoms with Crippen LogP contribution in [0.4, 0.5) is 4.39 Å². The molecular formula is C15H17FO2. The quantitative estimate of drug-likeness (QED) is 0.760. The molecule has 2 nitrogen and oxygen atoms in total. The van der Waals surface area contributed by atoms with E-state index in [0.717, 1.165) is 5.56 Å². The third-order valence-corrected chi connectivity index (χ3v) is 3.36. The molecular weight excluding hydrogens is 231 g/mol. The number of ether oxygens (including phenoxy) is 1. The number of rotatable bonds is 3. The summed E-state index contributed by atoms with van der Waals surface area (Å²) in [7, 11) is 1.25. The van der Waals surface area contributed by atoms with Gasteiger partial charge in [0.2, 0.25) is 0 Å². The summed E-state index contributed by atoms with van der Waals surface area (Å²) in [6.07, 6.45) is 9.08. The first kappa shape index (κ1) is 12.8. The number of halogens is 1. The number of hydrogen-bond acceptors (Lipinski definition) is 2. The first-order valence-corrected chi connectivity index (χ1v) is 6.27. The average molecular weight is 248 g/mol. The molecule has 0 aromatic heterocycles. The molecule has 1 saturated carbocycles. The van der Waals surface area contributed by atoms with E-state index < -0.39 is 11.8 Å². The van der Waals surface area contributed by atoms with E-state index in [9.17, 15) is 9.18 Å². The van der Waals surface area contributed by atoms with Crippen molar-refractivity contribution in [1.29, 1.82) is 0 Å². The van der Waals surface area contributed by atoms with Crippen LogP contribution in [0.3, 0.4) is 0 Å².